The lowest BCUT2D eigenvalue weighted by molar-refractivity contribution is -0.385. The van der Waals surface area contributed by atoms with Gasteiger partial charge in [0.2, 0.25) is 5.91 Å². The van der Waals surface area contributed by atoms with Crippen LogP contribution in [0.1, 0.15) is 10.4 Å². The summed E-state index contributed by atoms with van der Waals surface area (Å²) in [5, 5.41) is 16.4. The van der Waals surface area contributed by atoms with Crippen LogP contribution in [0.15, 0.2) is 42.5 Å². The first-order chi connectivity index (χ1) is 11.9. The summed E-state index contributed by atoms with van der Waals surface area (Å²) in [5.41, 5.74) is 0.455. The van der Waals surface area contributed by atoms with E-state index < -0.39 is 10.8 Å². The Kier molecular flexibility index (Phi) is 6.04. The SMILES string of the molecule is COCC(=O)Nc1ccc(NC(=O)c2ccc(Cl)cc2[N+](=O)[O-])cc1. The van der Waals surface area contributed by atoms with Crippen LogP contribution in [0.5, 0.6) is 0 Å². The first-order valence-electron chi connectivity index (χ1n) is 7.05. The first-order valence-corrected chi connectivity index (χ1v) is 7.42. The van der Waals surface area contributed by atoms with Crippen LogP contribution in [0.2, 0.25) is 5.02 Å². The van der Waals surface area contributed by atoms with Crippen molar-refractivity contribution in [1.29, 1.82) is 0 Å². The summed E-state index contributed by atoms with van der Waals surface area (Å²) >= 11 is 5.73. The van der Waals surface area contributed by atoms with Gasteiger partial charge in [0.15, 0.2) is 0 Å². The lowest BCUT2D eigenvalue weighted by atomic mass is 10.1. The van der Waals surface area contributed by atoms with Crippen molar-refractivity contribution >= 4 is 40.5 Å². The largest absolute Gasteiger partial charge is 0.375 e. The fourth-order valence-corrected chi connectivity index (χ4v) is 2.18. The molecule has 0 unspecified atom stereocenters. The Morgan fingerprint density at radius 1 is 1.12 bits per heavy atom. The van der Waals surface area contributed by atoms with Crippen molar-refractivity contribution in [3.63, 3.8) is 0 Å². The molecule has 2 rings (SSSR count). The minimum Gasteiger partial charge on any atom is -0.375 e. The molecule has 9 heteroatoms. The van der Waals surface area contributed by atoms with Gasteiger partial charge in [0.1, 0.15) is 12.2 Å². The van der Waals surface area contributed by atoms with E-state index in [1.54, 1.807) is 24.3 Å². The monoisotopic (exact) mass is 363 g/mol. The van der Waals surface area contributed by atoms with Gasteiger partial charge in [-0.05, 0) is 36.4 Å². The van der Waals surface area contributed by atoms with Gasteiger partial charge in [0, 0.05) is 29.6 Å². The molecular formula is C16H14ClN3O5. The van der Waals surface area contributed by atoms with E-state index in [0.29, 0.717) is 11.4 Å². The number of nitro benzene ring substituents is 1. The molecule has 2 aromatic rings. The summed E-state index contributed by atoms with van der Waals surface area (Å²) < 4.78 is 4.71. The number of carbonyl (C=O) groups excluding carboxylic acids is 2. The van der Waals surface area contributed by atoms with Crippen molar-refractivity contribution in [3.8, 4) is 0 Å². The third kappa shape index (κ3) is 5.00. The van der Waals surface area contributed by atoms with E-state index in [1.807, 2.05) is 0 Å². The topological polar surface area (TPSA) is 111 Å². The van der Waals surface area contributed by atoms with Crippen LogP contribution in [-0.2, 0) is 9.53 Å². The number of benzene rings is 2. The Balaban J connectivity index is 2.11. The Labute approximate surface area is 147 Å². The van der Waals surface area contributed by atoms with Crippen LogP contribution in [0, 0.1) is 10.1 Å². The number of nitrogens with zero attached hydrogens (tertiary/aromatic N) is 1. The van der Waals surface area contributed by atoms with Crippen LogP contribution in [0.3, 0.4) is 0 Å². The maximum absolute atomic E-state index is 12.3. The number of nitrogens with one attached hydrogen (secondary N) is 2. The third-order valence-electron chi connectivity index (χ3n) is 3.10. The van der Waals surface area contributed by atoms with Gasteiger partial charge in [0.05, 0.1) is 4.92 Å². The molecule has 0 spiro atoms. The summed E-state index contributed by atoms with van der Waals surface area (Å²) in [6, 6.07) is 10.1. The molecule has 0 fully saturated rings. The number of amides is 2. The molecule has 0 atom stereocenters. The Morgan fingerprint density at radius 3 is 2.28 bits per heavy atom. The maximum Gasteiger partial charge on any atom is 0.283 e. The number of methoxy groups -OCH3 is 1. The van der Waals surface area contributed by atoms with Gasteiger partial charge in [-0.15, -0.1) is 0 Å². The maximum atomic E-state index is 12.3. The molecule has 2 amide bonds. The fraction of sp³-hybridized carbons (Fsp3) is 0.125. The Morgan fingerprint density at radius 2 is 1.72 bits per heavy atom. The lowest BCUT2D eigenvalue weighted by Gasteiger charge is -2.08. The second kappa shape index (κ2) is 8.22. The van der Waals surface area contributed by atoms with Crippen LogP contribution >= 0.6 is 11.6 Å². The molecule has 2 aromatic carbocycles. The molecule has 0 aliphatic carbocycles. The van der Waals surface area contributed by atoms with Crippen molar-refractivity contribution in [2.75, 3.05) is 24.4 Å². The lowest BCUT2D eigenvalue weighted by Crippen LogP contribution is -2.17. The summed E-state index contributed by atoms with van der Waals surface area (Å²) in [5.74, 6) is -0.949. The summed E-state index contributed by atoms with van der Waals surface area (Å²) in [6.45, 7) is -0.0707. The van der Waals surface area contributed by atoms with Crippen molar-refractivity contribution in [1.82, 2.24) is 0 Å². The predicted molar refractivity (Wildman–Crippen MR) is 93.0 cm³/mol. The quantitative estimate of drug-likeness (QED) is 0.605. The summed E-state index contributed by atoms with van der Waals surface area (Å²) in [4.78, 5) is 34.0. The normalized spacial score (nSPS) is 10.2. The highest BCUT2D eigenvalue weighted by Gasteiger charge is 2.20. The number of halogens is 1. The van der Waals surface area contributed by atoms with Gasteiger partial charge in [-0.2, -0.15) is 0 Å². The predicted octanol–water partition coefficient (Wildman–Crippen LogP) is 3.09. The molecule has 0 saturated carbocycles. The number of ether oxygens (including phenoxy) is 1. The number of hydrogen-bond acceptors (Lipinski definition) is 5. The molecule has 0 aromatic heterocycles. The van der Waals surface area contributed by atoms with Gasteiger partial charge in [-0.3, -0.25) is 19.7 Å². The molecule has 8 nitrogen and oxygen atoms in total. The number of anilines is 2. The molecule has 0 saturated heterocycles. The zero-order valence-electron chi connectivity index (χ0n) is 13.1. The molecule has 0 radical (unpaired) electrons. The van der Waals surface area contributed by atoms with Gasteiger partial charge < -0.3 is 15.4 Å². The van der Waals surface area contributed by atoms with Gasteiger partial charge in [0.25, 0.3) is 11.6 Å². The molecule has 25 heavy (non-hydrogen) atoms. The van der Waals surface area contributed by atoms with Crippen molar-refractivity contribution in [2.45, 2.75) is 0 Å². The van der Waals surface area contributed by atoms with E-state index in [-0.39, 0.29) is 28.8 Å². The number of carbonyl (C=O) groups is 2. The van der Waals surface area contributed by atoms with E-state index in [9.17, 15) is 19.7 Å². The third-order valence-corrected chi connectivity index (χ3v) is 3.34. The van der Waals surface area contributed by atoms with Crippen molar-refractivity contribution in [2.24, 2.45) is 0 Å². The van der Waals surface area contributed by atoms with Gasteiger partial charge in [-0.25, -0.2) is 0 Å². The van der Waals surface area contributed by atoms with Gasteiger partial charge in [-0.1, -0.05) is 11.6 Å². The first kappa shape index (κ1) is 18.4. The number of hydrogen-bond donors (Lipinski definition) is 2. The van der Waals surface area contributed by atoms with Gasteiger partial charge >= 0.3 is 0 Å². The minimum atomic E-state index is -0.671. The standard InChI is InChI=1S/C16H14ClN3O5/c1-25-9-15(21)18-11-3-5-12(6-4-11)19-16(22)13-7-2-10(17)8-14(13)20(23)24/h2-8H,9H2,1H3,(H,18,21)(H,19,22). The van der Waals surface area contributed by atoms with E-state index in [2.05, 4.69) is 10.6 Å². The van der Waals surface area contributed by atoms with E-state index in [0.717, 1.165) is 6.07 Å². The van der Waals surface area contributed by atoms with Crippen LogP contribution < -0.4 is 10.6 Å². The zero-order chi connectivity index (χ0) is 18.4. The second-order valence-electron chi connectivity index (χ2n) is 4.93. The molecule has 2 N–H and O–H groups in total. The summed E-state index contributed by atoms with van der Waals surface area (Å²) in [6.07, 6.45) is 0. The molecule has 130 valence electrons. The Bertz CT molecular complexity index is 808. The zero-order valence-corrected chi connectivity index (χ0v) is 13.9. The average Bonchev–Trinajstić information content (AvgIpc) is 2.56. The van der Waals surface area contributed by atoms with Crippen LogP contribution in [-0.4, -0.2) is 30.5 Å². The highest BCUT2D eigenvalue weighted by Crippen LogP contribution is 2.24. The van der Waals surface area contributed by atoms with Crippen LogP contribution in [0.25, 0.3) is 0 Å². The van der Waals surface area contributed by atoms with Crippen molar-refractivity contribution in [3.05, 3.63) is 63.2 Å². The Hall–Kier alpha value is -2.97. The van der Waals surface area contributed by atoms with E-state index in [4.69, 9.17) is 16.3 Å². The number of rotatable bonds is 6. The molecular weight excluding hydrogens is 350 g/mol. The van der Waals surface area contributed by atoms with Crippen molar-refractivity contribution < 1.29 is 19.2 Å². The summed E-state index contributed by atoms with van der Waals surface area (Å²) in [7, 11) is 1.41. The molecule has 0 aliphatic heterocycles. The average molecular weight is 364 g/mol. The second-order valence-corrected chi connectivity index (χ2v) is 5.37. The minimum absolute atomic E-state index is 0.0707. The molecule has 0 bridgehead atoms. The molecule has 0 aliphatic rings. The van der Waals surface area contributed by atoms with E-state index in [1.165, 1.54) is 19.2 Å². The number of nitro groups is 1. The highest BCUT2D eigenvalue weighted by atomic mass is 35.5. The highest BCUT2D eigenvalue weighted by molar-refractivity contribution is 6.31. The van der Waals surface area contributed by atoms with Crippen LogP contribution in [0.4, 0.5) is 17.1 Å². The fourth-order valence-electron chi connectivity index (χ4n) is 2.01. The molecule has 0 heterocycles. The van der Waals surface area contributed by atoms with E-state index >= 15 is 0 Å². The smallest absolute Gasteiger partial charge is 0.283 e.